The molecule has 0 saturated heterocycles. The molecule has 0 fully saturated rings. The highest BCUT2D eigenvalue weighted by atomic mass is 79.9. The highest BCUT2D eigenvalue weighted by Crippen LogP contribution is 2.26. The van der Waals surface area contributed by atoms with Gasteiger partial charge in [0.25, 0.3) is 0 Å². The number of nitrogens with two attached hydrogens (primary N) is 1. The molecule has 0 saturated carbocycles. The number of nitrogens with one attached hydrogen (secondary N) is 1. The number of carbonyl (C=O) groups excluding carboxylic acids is 1. The van der Waals surface area contributed by atoms with Crippen LogP contribution >= 0.6 is 15.9 Å². The summed E-state index contributed by atoms with van der Waals surface area (Å²) in [6.45, 7) is 2.74. The Balaban J connectivity index is 1.97. The summed E-state index contributed by atoms with van der Waals surface area (Å²) in [5.41, 5.74) is 5.72. The first-order chi connectivity index (χ1) is 9.06. The molecular formula is C13H15BrN2O3. The molecule has 1 heterocycles. The van der Waals surface area contributed by atoms with Crippen LogP contribution in [0.3, 0.4) is 0 Å². The second-order valence-corrected chi connectivity index (χ2v) is 5.09. The zero-order valence-corrected chi connectivity index (χ0v) is 12.1. The highest BCUT2D eigenvalue weighted by molar-refractivity contribution is 9.10. The average molecular weight is 327 g/mol. The van der Waals surface area contributed by atoms with Crippen molar-refractivity contribution in [2.45, 2.75) is 13.0 Å². The number of benzene rings is 1. The number of fused-ring (bicyclic) bond motifs is 1. The van der Waals surface area contributed by atoms with Gasteiger partial charge in [0, 0.05) is 16.4 Å². The van der Waals surface area contributed by atoms with Gasteiger partial charge in [-0.2, -0.15) is 0 Å². The predicted molar refractivity (Wildman–Crippen MR) is 75.9 cm³/mol. The molecule has 0 spiro atoms. The van der Waals surface area contributed by atoms with E-state index in [0.717, 1.165) is 21.2 Å². The summed E-state index contributed by atoms with van der Waals surface area (Å²) < 4.78 is 11.4. The van der Waals surface area contributed by atoms with Gasteiger partial charge in [-0.05, 0) is 31.2 Å². The molecule has 1 atom stereocenters. The zero-order chi connectivity index (χ0) is 13.8. The van der Waals surface area contributed by atoms with E-state index in [9.17, 15) is 4.79 Å². The largest absolute Gasteiger partial charge is 0.459 e. The summed E-state index contributed by atoms with van der Waals surface area (Å²) >= 11 is 3.43. The van der Waals surface area contributed by atoms with Crippen LogP contribution in [0.25, 0.3) is 11.0 Å². The van der Waals surface area contributed by atoms with E-state index in [1.165, 1.54) is 0 Å². The van der Waals surface area contributed by atoms with Crippen molar-refractivity contribution >= 4 is 33.0 Å². The van der Waals surface area contributed by atoms with Gasteiger partial charge in [0.05, 0.1) is 6.04 Å². The molecule has 1 unspecified atom stereocenters. The lowest BCUT2D eigenvalue weighted by molar-refractivity contribution is 0.156. The molecule has 2 rings (SSSR count). The lowest BCUT2D eigenvalue weighted by atomic mass is 10.2. The Morgan fingerprint density at radius 3 is 3.05 bits per heavy atom. The molecule has 19 heavy (non-hydrogen) atoms. The van der Waals surface area contributed by atoms with Gasteiger partial charge in [-0.25, -0.2) is 4.79 Å². The smallest absolute Gasteiger partial charge is 0.404 e. The van der Waals surface area contributed by atoms with E-state index in [0.29, 0.717) is 6.54 Å². The van der Waals surface area contributed by atoms with Crippen LogP contribution < -0.4 is 11.1 Å². The minimum absolute atomic E-state index is 0.0302. The molecule has 0 aliphatic heterocycles. The SMILES string of the molecule is CC(NCCOC(N)=O)c1cc2cc(Br)ccc2o1. The Labute approximate surface area is 119 Å². The molecule has 1 aromatic carbocycles. The number of rotatable bonds is 5. The first-order valence-electron chi connectivity index (χ1n) is 5.91. The van der Waals surface area contributed by atoms with E-state index in [1.54, 1.807) is 0 Å². The number of halogens is 1. The minimum Gasteiger partial charge on any atom is -0.459 e. The molecule has 1 aromatic heterocycles. The number of primary amides is 1. The number of amides is 1. The van der Waals surface area contributed by atoms with Gasteiger partial charge in [-0.3, -0.25) is 0 Å². The Bertz CT molecular complexity index is 582. The molecular weight excluding hydrogens is 312 g/mol. The van der Waals surface area contributed by atoms with Crippen LogP contribution in [0.2, 0.25) is 0 Å². The van der Waals surface area contributed by atoms with Crippen LogP contribution in [0.4, 0.5) is 4.79 Å². The zero-order valence-electron chi connectivity index (χ0n) is 10.5. The van der Waals surface area contributed by atoms with Crippen molar-refractivity contribution in [1.29, 1.82) is 0 Å². The summed E-state index contributed by atoms with van der Waals surface area (Å²) in [6, 6.07) is 7.89. The van der Waals surface area contributed by atoms with Gasteiger partial charge in [0.15, 0.2) is 0 Å². The Kier molecular flexibility index (Phi) is 4.44. The van der Waals surface area contributed by atoms with Crippen molar-refractivity contribution in [3.8, 4) is 0 Å². The van der Waals surface area contributed by atoms with Crippen LogP contribution in [0.1, 0.15) is 18.7 Å². The van der Waals surface area contributed by atoms with Crippen molar-refractivity contribution in [2.24, 2.45) is 5.73 Å². The lowest BCUT2D eigenvalue weighted by Gasteiger charge is -2.10. The summed E-state index contributed by atoms with van der Waals surface area (Å²) in [4.78, 5) is 10.4. The third-order valence-electron chi connectivity index (χ3n) is 2.72. The first kappa shape index (κ1) is 13.9. The van der Waals surface area contributed by atoms with Crippen molar-refractivity contribution < 1.29 is 13.9 Å². The number of ether oxygens (including phenoxy) is 1. The maximum absolute atomic E-state index is 10.4. The molecule has 5 nitrogen and oxygen atoms in total. The fourth-order valence-electron chi connectivity index (χ4n) is 1.78. The molecule has 2 aromatic rings. The Hall–Kier alpha value is -1.53. The standard InChI is InChI=1S/C13H15BrN2O3/c1-8(16-4-5-18-13(15)17)12-7-9-6-10(14)2-3-11(9)19-12/h2-3,6-8,16H,4-5H2,1H3,(H2,15,17). The predicted octanol–water partition coefficient (Wildman–Crippen LogP) is 2.94. The molecule has 0 radical (unpaired) electrons. The first-order valence-corrected chi connectivity index (χ1v) is 6.70. The molecule has 0 aliphatic rings. The second kappa shape index (κ2) is 6.08. The minimum atomic E-state index is -0.761. The fourth-order valence-corrected chi connectivity index (χ4v) is 2.15. The van der Waals surface area contributed by atoms with Crippen LogP contribution in [-0.4, -0.2) is 19.2 Å². The Morgan fingerprint density at radius 1 is 1.53 bits per heavy atom. The second-order valence-electron chi connectivity index (χ2n) is 4.17. The van der Waals surface area contributed by atoms with Crippen LogP contribution in [-0.2, 0) is 4.74 Å². The maximum atomic E-state index is 10.4. The number of hydrogen-bond acceptors (Lipinski definition) is 4. The summed E-state index contributed by atoms with van der Waals surface area (Å²) in [5, 5.41) is 4.24. The van der Waals surface area contributed by atoms with Crippen LogP contribution in [0, 0.1) is 0 Å². The van der Waals surface area contributed by atoms with E-state index >= 15 is 0 Å². The monoisotopic (exact) mass is 326 g/mol. The van der Waals surface area contributed by atoms with Gasteiger partial charge in [0.1, 0.15) is 18.0 Å². The van der Waals surface area contributed by atoms with Crippen molar-refractivity contribution in [3.05, 3.63) is 34.5 Å². The number of carbonyl (C=O) groups is 1. The van der Waals surface area contributed by atoms with E-state index < -0.39 is 6.09 Å². The normalized spacial score (nSPS) is 12.5. The van der Waals surface area contributed by atoms with Crippen molar-refractivity contribution in [2.75, 3.05) is 13.2 Å². The summed E-state index contributed by atoms with van der Waals surface area (Å²) in [7, 11) is 0. The van der Waals surface area contributed by atoms with Gasteiger partial charge in [-0.1, -0.05) is 15.9 Å². The number of furan rings is 1. The highest BCUT2D eigenvalue weighted by Gasteiger charge is 2.11. The Morgan fingerprint density at radius 2 is 2.32 bits per heavy atom. The van der Waals surface area contributed by atoms with Crippen LogP contribution in [0.5, 0.6) is 0 Å². The fraction of sp³-hybridized carbons (Fsp3) is 0.308. The summed E-state index contributed by atoms with van der Waals surface area (Å²) in [5.74, 6) is 0.840. The maximum Gasteiger partial charge on any atom is 0.404 e. The average Bonchev–Trinajstić information content (AvgIpc) is 2.77. The molecule has 1 amide bonds. The molecule has 102 valence electrons. The lowest BCUT2D eigenvalue weighted by Crippen LogP contribution is -2.25. The van der Waals surface area contributed by atoms with Gasteiger partial charge < -0.3 is 20.2 Å². The third kappa shape index (κ3) is 3.71. The quantitative estimate of drug-likeness (QED) is 0.828. The van der Waals surface area contributed by atoms with E-state index in [-0.39, 0.29) is 12.6 Å². The van der Waals surface area contributed by atoms with Crippen molar-refractivity contribution in [3.63, 3.8) is 0 Å². The molecule has 0 bridgehead atoms. The van der Waals surface area contributed by atoms with E-state index in [4.69, 9.17) is 10.2 Å². The summed E-state index contributed by atoms with van der Waals surface area (Å²) in [6.07, 6.45) is -0.761. The van der Waals surface area contributed by atoms with Gasteiger partial charge >= 0.3 is 6.09 Å². The molecule has 0 aliphatic carbocycles. The van der Waals surface area contributed by atoms with E-state index in [1.807, 2.05) is 31.2 Å². The number of hydrogen-bond donors (Lipinski definition) is 2. The van der Waals surface area contributed by atoms with Gasteiger partial charge in [-0.15, -0.1) is 0 Å². The third-order valence-corrected chi connectivity index (χ3v) is 3.21. The van der Waals surface area contributed by atoms with E-state index in [2.05, 4.69) is 26.0 Å². The molecule has 3 N–H and O–H groups in total. The topological polar surface area (TPSA) is 77.5 Å². The molecule has 6 heteroatoms. The van der Waals surface area contributed by atoms with Gasteiger partial charge in [0.2, 0.25) is 0 Å². The van der Waals surface area contributed by atoms with Crippen LogP contribution in [0.15, 0.2) is 33.2 Å². The van der Waals surface area contributed by atoms with Crippen molar-refractivity contribution in [1.82, 2.24) is 5.32 Å².